The molecule has 102 valence electrons. The second kappa shape index (κ2) is 8.06. The molecule has 1 rings (SSSR count). The van der Waals surface area contributed by atoms with Crippen LogP contribution in [0.4, 0.5) is 0 Å². The van der Waals surface area contributed by atoms with Gasteiger partial charge < -0.3 is 15.3 Å². The number of nitrogens with zero attached hydrogens (tertiary/aromatic N) is 1. The van der Waals surface area contributed by atoms with Crippen LogP contribution in [0.25, 0.3) is 0 Å². The highest BCUT2D eigenvalue weighted by Gasteiger charge is 2.19. The van der Waals surface area contributed by atoms with E-state index < -0.39 is 0 Å². The first-order valence-corrected chi connectivity index (χ1v) is 7.24. The zero-order valence-corrected chi connectivity index (χ0v) is 11.8. The van der Waals surface area contributed by atoms with E-state index >= 15 is 0 Å². The fraction of sp³-hybridized carbons (Fsp3) is 1.00. The molecule has 1 unspecified atom stereocenters. The third kappa shape index (κ3) is 5.84. The Balaban J connectivity index is 2.35. The monoisotopic (exact) mass is 242 g/mol. The van der Waals surface area contributed by atoms with Gasteiger partial charge in [-0.25, -0.2) is 0 Å². The van der Waals surface area contributed by atoms with Crippen LogP contribution in [0.1, 0.15) is 40.0 Å². The first-order chi connectivity index (χ1) is 8.13. The molecule has 1 fully saturated rings. The standard InChI is InChI=1S/C14H30N2O/c1-4-9-16(11-14(17)12(2)3)10-13-5-7-15-8-6-13/h12-15,17H,4-11H2,1-3H3. The van der Waals surface area contributed by atoms with Crippen molar-refractivity contribution in [2.75, 3.05) is 32.7 Å². The highest BCUT2D eigenvalue weighted by Crippen LogP contribution is 2.15. The molecular formula is C14H30N2O. The average Bonchev–Trinajstić information content (AvgIpc) is 2.30. The van der Waals surface area contributed by atoms with Crippen LogP contribution in [0.5, 0.6) is 0 Å². The zero-order valence-electron chi connectivity index (χ0n) is 11.8. The van der Waals surface area contributed by atoms with Crippen molar-refractivity contribution in [3.05, 3.63) is 0 Å². The Morgan fingerprint density at radius 2 is 1.94 bits per heavy atom. The SMILES string of the molecule is CCCN(CC1CCNCC1)CC(O)C(C)C. The normalized spacial score (nSPS) is 20.1. The molecule has 0 spiro atoms. The molecule has 1 saturated heterocycles. The minimum absolute atomic E-state index is 0.178. The molecule has 0 bridgehead atoms. The molecule has 3 nitrogen and oxygen atoms in total. The van der Waals surface area contributed by atoms with E-state index in [9.17, 15) is 5.11 Å². The summed E-state index contributed by atoms with van der Waals surface area (Å²) in [7, 11) is 0. The lowest BCUT2D eigenvalue weighted by Gasteiger charge is -2.32. The van der Waals surface area contributed by atoms with E-state index in [0.29, 0.717) is 5.92 Å². The molecule has 1 heterocycles. The van der Waals surface area contributed by atoms with Crippen molar-refractivity contribution in [2.24, 2.45) is 11.8 Å². The number of nitrogens with one attached hydrogen (secondary N) is 1. The molecule has 1 atom stereocenters. The molecule has 2 N–H and O–H groups in total. The maximum absolute atomic E-state index is 10.00. The average molecular weight is 242 g/mol. The minimum atomic E-state index is -0.178. The summed E-state index contributed by atoms with van der Waals surface area (Å²) in [5, 5.41) is 13.4. The Morgan fingerprint density at radius 1 is 1.29 bits per heavy atom. The number of rotatable bonds is 7. The summed E-state index contributed by atoms with van der Waals surface area (Å²) < 4.78 is 0. The van der Waals surface area contributed by atoms with E-state index in [2.05, 4.69) is 31.0 Å². The maximum Gasteiger partial charge on any atom is 0.0689 e. The first-order valence-electron chi connectivity index (χ1n) is 7.24. The minimum Gasteiger partial charge on any atom is -0.392 e. The van der Waals surface area contributed by atoms with E-state index in [1.54, 1.807) is 0 Å². The molecule has 1 aliphatic rings. The fourth-order valence-electron chi connectivity index (χ4n) is 2.48. The predicted molar refractivity (Wildman–Crippen MR) is 73.2 cm³/mol. The van der Waals surface area contributed by atoms with Gasteiger partial charge in [0.1, 0.15) is 0 Å². The van der Waals surface area contributed by atoms with Crippen molar-refractivity contribution in [2.45, 2.75) is 46.1 Å². The van der Waals surface area contributed by atoms with Crippen LogP contribution in [-0.2, 0) is 0 Å². The lowest BCUT2D eigenvalue weighted by Crippen LogP contribution is -2.41. The van der Waals surface area contributed by atoms with E-state index in [1.807, 2.05) is 0 Å². The van der Waals surface area contributed by atoms with Gasteiger partial charge in [0.2, 0.25) is 0 Å². The van der Waals surface area contributed by atoms with Crippen molar-refractivity contribution < 1.29 is 5.11 Å². The number of aliphatic hydroxyl groups is 1. The predicted octanol–water partition coefficient (Wildman–Crippen LogP) is 1.71. The summed E-state index contributed by atoms with van der Waals surface area (Å²) in [4.78, 5) is 2.46. The highest BCUT2D eigenvalue weighted by atomic mass is 16.3. The second-order valence-corrected chi connectivity index (χ2v) is 5.76. The van der Waals surface area contributed by atoms with Crippen LogP contribution in [0, 0.1) is 11.8 Å². The maximum atomic E-state index is 10.00. The fourth-order valence-corrected chi connectivity index (χ4v) is 2.48. The topological polar surface area (TPSA) is 35.5 Å². The quantitative estimate of drug-likeness (QED) is 0.713. The van der Waals surface area contributed by atoms with E-state index in [1.165, 1.54) is 25.8 Å². The number of hydrogen-bond acceptors (Lipinski definition) is 3. The molecule has 3 heteroatoms. The Labute approximate surface area is 107 Å². The summed E-state index contributed by atoms with van der Waals surface area (Å²) in [5.74, 6) is 1.18. The van der Waals surface area contributed by atoms with Gasteiger partial charge in [0.05, 0.1) is 6.10 Å². The molecular weight excluding hydrogens is 212 g/mol. The Morgan fingerprint density at radius 3 is 2.47 bits per heavy atom. The van der Waals surface area contributed by atoms with Crippen LogP contribution < -0.4 is 5.32 Å². The summed E-state index contributed by atoms with van der Waals surface area (Å²) in [6, 6.07) is 0. The van der Waals surface area contributed by atoms with E-state index in [-0.39, 0.29) is 6.10 Å². The van der Waals surface area contributed by atoms with Gasteiger partial charge in [-0.1, -0.05) is 20.8 Å². The van der Waals surface area contributed by atoms with Crippen molar-refractivity contribution >= 4 is 0 Å². The van der Waals surface area contributed by atoms with Gasteiger partial charge in [0, 0.05) is 13.1 Å². The Hall–Kier alpha value is -0.120. The molecule has 0 aliphatic carbocycles. The van der Waals surface area contributed by atoms with Gasteiger partial charge in [-0.05, 0) is 50.7 Å². The summed E-state index contributed by atoms with van der Waals surface area (Å²) in [6.45, 7) is 11.9. The molecule has 0 aromatic carbocycles. The molecule has 0 aromatic heterocycles. The molecule has 0 saturated carbocycles. The Bertz CT molecular complexity index is 191. The highest BCUT2D eigenvalue weighted by molar-refractivity contribution is 4.74. The second-order valence-electron chi connectivity index (χ2n) is 5.76. The van der Waals surface area contributed by atoms with Crippen molar-refractivity contribution in [3.63, 3.8) is 0 Å². The van der Waals surface area contributed by atoms with Gasteiger partial charge in [-0.2, -0.15) is 0 Å². The van der Waals surface area contributed by atoms with Gasteiger partial charge >= 0.3 is 0 Å². The number of piperidine rings is 1. The van der Waals surface area contributed by atoms with E-state index in [0.717, 1.165) is 32.1 Å². The number of hydrogen-bond donors (Lipinski definition) is 2. The van der Waals surface area contributed by atoms with Crippen molar-refractivity contribution in [1.82, 2.24) is 10.2 Å². The van der Waals surface area contributed by atoms with Gasteiger partial charge in [0.15, 0.2) is 0 Å². The smallest absolute Gasteiger partial charge is 0.0689 e. The molecule has 0 aromatic rings. The van der Waals surface area contributed by atoms with Gasteiger partial charge in [0.25, 0.3) is 0 Å². The van der Waals surface area contributed by atoms with Crippen LogP contribution in [0.15, 0.2) is 0 Å². The molecule has 0 radical (unpaired) electrons. The van der Waals surface area contributed by atoms with Crippen molar-refractivity contribution in [1.29, 1.82) is 0 Å². The van der Waals surface area contributed by atoms with Crippen LogP contribution in [-0.4, -0.2) is 48.8 Å². The zero-order chi connectivity index (χ0) is 12.7. The van der Waals surface area contributed by atoms with Crippen LogP contribution in [0.3, 0.4) is 0 Å². The Kier molecular flexibility index (Phi) is 7.09. The molecule has 17 heavy (non-hydrogen) atoms. The third-order valence-corrected chi connectivity index (χ3v) is 3.73. The van der Waals surface area contributed by atoms with Crippen molar-refractivity contribution in [3.8, 4) is 0 Å². The van der Waals surface area contributed by atoms with E-state index in [4.69, 9.17) is 0 Å². The summed E-state index contributed by atoms with van der Waals surface area (Å²) in [5.41, 5.74) is 0. The first kappa shape index (κ1) is 14.9. The van der Waals surface area contributed by atoms with Gasteiger partial charge in [-0.15, -0.1) is 0 Å². The van der Waals surface area contributed by atoms with Gasteiger partial charge in [-0.3, -0.25) is 0 Å². The largest absolute Gasteiger partial charge is 0.392 e. The lowest BCUT2D eigenvalue weighted by molar-refractivity contribution is 0.0667. The lowest BCUT2D eigenvalue weighted by atomic mass is 9.97. The summed E-state index contributed by atoms with van der Waals surface area (Å²) >= 11 is 0. The third-order valence-electron chi connectivity index (χ3n) is 3.73. The van der Waals surface area contributed by atoms with Crippen LogP contribution in [0.2, 0.25) is 0 Å². The number of aliphatic hydroxyl groups excluding tert-OH is 1. The van der Waals surface area contributed by atoms with Crippen LogP contribution >= 0.6 is 0 Å². The molecule has 0 amide bonds. The summed E-state index contributed by atoms with van der Waals surface area (Å²) in [6.07, 6.45) is 3.58. The molecule has 1 aliphatic heterocycles.